The normalized spacial score (nSPS) is 11.1. The number of carbonyl (C=O) groups is 1. The molecule has 3 aromatic rings. The van der Waals surface area contributed by atoms with Crippen LogP contribution >= 0.6 is 0 Å². The number of rotatable bonds is 9. The minimum Gasteiger partial charge on any atom is -0.483 e. The van der Waals surface area contributed by atoms with Crippen LogP contribution in [0.3, 0.4) is 0 Å². The molecule has 0 spiro atoms. The average molecular weight is 425 g/mol. The van der Waals surface area contributed by atoms with Gasteiger partial charge in [-0.15, -0.1) is 0 Å². The third-order valence-electron chi connectivity index (χ3n) is 4.58. The molecule has 7 heteroatoms. The molecule has 6 nitrogen and oxygen atoms in total. The van der Waals surface area contributed by atoms with E-state index in [0.717, 1.165) is 16.7 Å². The number of amides is 1. The maximum Gasteiger partial charge on any atom is 0.258 e. The third-order valence-corrected chi connectivity index (χ3v) is 5.89. The first-order chi connectivity index (χ1) is 14.5. The molecule has 0 aliphatic heterocycles. The first kappa shape index (κ1) is 21.5. The van der Waals surface area contributed by atoms with Crippen molar-refractivity contribution in [2.24, 2.45) is 0 Å². The summed E-state index contributed by atoms with van der Waals surface area (Å²) in [4.78, 5) is 12.3. The summed E-state index contributed by atoms with van der Waals surface area (Å²) < 4.78 is 31.8. The average Bonchev–Trinajstić information content (AvgIpc) is 2.77. The number of nitrogens with one attached hydrogen (secondary N) is 2. The molecule has 0 aliphatic rings. The Bertz CT molecular complexity index is 1100. The van der Waals surface area contributed by atoms with E-state index in [9.17, 15) is 13.2 Å². The van der Waals surface area contributed by atoms with Crippen LogP contribution in [-0.4, -0.2) is 28.0 Å². The minimum absolute atomic E-state index is 0.138. The number of benzene rings is 3. The monoisotopic (exact) mass is 424 g/mol. The fraction of sp³-hybridized carbons (Fsp3) is 0.174. The van der Waals surface area contributed by atoms with Crippen molar-refractivity contribution in [3.63, 3.8) is 0 Å². The van der Waals surface area contributed by atoms with Gasteiger partial charge in [-0.25, -0.2) is 13.1 Å². The molecule has 3 rings (SSSR count). The van der Waals surface area contributed by atoms with Gasteiger partial charge < -0.3 is 10.1 Å². The fourth-order valence-electron chi connectivity index (χ4n) is 2.98. The van der Waals surface area contributed by atoms with Crippen LogP contribution in [0, 0.1) is 0 Å². The summed E-state index contributed by atoms with van der Waals surface area (Å²) in [5.74, 6) is 0.194. The Morgan fingerprint density at radius 3 is 2.23 bits per heavy atom. The lowest BCUT2D eigenvalue weighted by atomic mass is 10.1. The molecule has 30 heavy (non-hydrogen) atoms. The summed E-state index contributed by atoms with van der Waals surface area (Å²) in [5.41, 5.74) is 3.30. The third kappa shape index (κ3) is 5.92. The van der Waals surface area contributed by atoms with Crippen molar-refractivity contribution in [3.8, 4) is 16.9 Å². The number of carbonyl (C=O) groups excluding carboxylic acids is 1. The second-order valence-corrected chi connectivity index (χ2v) is 8.59. The Labute approximate surface area is 177 Å². The SMILES string of the molecule is CNS(=O)(=O)Cc1ccccc1CNC(=O)COc1ccccc1-c1ccccc1. The maximum atomic E-state index is 12.3. The van der Waals surface area contributed by atoms with Gasteiger partial charge in [0, 0.05) is 12.1 Å². The van der Waals surface area contributed by atoms with E-state index in [4.69, 9.17) is 4.74 Å². The van der Waals surface area contributed by atoms with Gasteiger partial charge in [-0.3, -0.25) is 4.79 Å². The molecule has 0 aliphatic carbocycles. The van der Waals surface area contributed by atoms with Crippen LogP contribution in [0.15, 0.2) is 78.9 Å². The first-order valence-electron chi connectivity index (χ1n) is 9.50. The molecular weight excluding hydrogens is 400 g/mol. The van der Waals surface area contributed by atoms with Crippen molar-refractivity contribution in [1.29, 1.82) is 0 Å². The Morgan fingerprint density at radius 2 is 1.50 bits per heavy atom. The zero-order chi connectivity index (χ0) is 21.4. The Morgan fingerprint density at radius 1 is 0.867 bits per heavy atom. The molecule has 0 heterocycles. The van der Waals surface area contributed by atoms with Crippen molar-refractivity contribution < 1.29 is 17.9 Å². The fourth-order valence-corrected chi connectivity index (χ4v) is 3.82. The van der Waals surface area contributed by atoms with Crippen molar-refractivity contribution in [1.82, 2.24) is 10.0 Å². The predicted molar refractivity (Wildman–Crippen MR) is 117 cm³/mol. The quantitative estimate of drug-likeness (QED) is 0.553. The second-order valence-electron chi connectivity index (χ2n) is 6.66. The molecule has 0 radical (unpaired) electrons. The smallest absolute Gasteiger partial charge is 0.258 e. The highest BCUT2D eigenvalue weighted by Crippen LogP contribution is 2.29. The van der Waals surface area contributed by atoms with Crippen LogP contribution in [0.5, 0.6) is 5.75 Å². The molecule has 0 aromatic heterocycles. The minimum atomic E-state index is -3.40. The van der Waals surface area contributed by atoms with Gasteiger partial charge in [0.1, 0.15) is 5.75 Å². The van der Waals surface area contributed by atoms with Crippen molar-refractivity contribution in [3.05, 3.63) is 90.0 Å². The number of para-hydroxylation sites is 1. The van der Waals surface area contributed by atoms with Gasteiger partial charge in [0.25, 0.3) is 5.91 Å². The summed E-state index contributed by atoms with van der Waals surface area (Å²) in [7, 11) is -2.02. The van der Waals surface area contributed by atoms with Crippen molar-refractivity contribution >= 4 is 15.9 Å². The van der Waals surface area contributed by atoms with E-state index in [1.807, 2.05) is 60.7 Å². The molecule has 0 saturated carbocycles. The predicted octanol–water partition coefficient (Wildman–Crippen LogP) is 3.10. The lowest BCUT2D eigenvalue weighted by molar-refractivity contribution is -0.123. The number of sulfonamides is 1. The van der Waals surface area contributed by atoms with E-state index in [0.29, 0.717) is 11.3 Å². The number of hydrogen-bond acceptors (Lipinski definition) is 4. The summed E-state index contributed by atoms with van der Waals surface area (Å²) in [6.45, 7) is 0.0821. The highest BCUT2D eigenvalue weighted by molar-refractivity contribution is 7.88. The van der Waals surface area contributed by atoms with Crippen LogP contribution in [0.1, 0.15) is 11.1 Å². The Kier molecular flexibility index (Phi) is 7.21. The standard InChI is InChI=1S/C23H24N2O4S/c1-24-30(27,28)17-20-12-6-5-11-19(20)15-25-23(26)16-29-22-14-8-7-13-21(22)18-9-3-2-4-10-18/h2-14,24H,15-17H2,1H3,(H,25,26). The maximum absolute atomic E-state index is 12.3. The van der Waals surface area contributed by atoms with E-state index in [1.54, 1.807) is 18.2 Å². The zero-order valence-corrected chi connectivity index (χ0v) is 17.5. The topological polar surface area (TPSA) is 84.5 Å². The molecule has 0 unspecified atom stereocenters. The Balaban J connectivity index is 1.61. The molecule has 0 saturated heterocycles. The summed E-state index contributed by atoms with van der Waals surface area (Å²) in [5, 5.41) is 2.79. The molecule has 0 bridgehead atoms. The van der Waals surface area contributed by atoms with Gasteiger partial charge >= 0.3 is 0 Å². The van der Waals surface area contributed by atoms with E-state index in [1.165, 1.54) is 7.05 Å². The molecule has 0 fully saturated rings. The lowest BCUT2D eigenvalue weighted by Crippen LogP contribution is -2.29. The van der Waals surface area contributed by atoms with Crippen molar-refractivity contribution in [2.45, 2.75) is 12.3 Å². The first-order valence-corrected chi connectivity index (χ1v) is 11.2. The van der Waals surface area contributed by atoms with Gasteiger partial charge in [0.2, 0.25) is 10.0 Å². The van der Waals surface area contributed by atoms with Gasteiger partial charge in [-0.2, -0.15) is 0 Å². The van der Waals surface area contributed by atoms with Crippen LogP contribution < -0.4 is 14.8 Å². The molecule has 0 atom stereocenters. The van der Waals surface area contributed by atoms with Gasteiger partial charge in [0.15, 0.2) is 6.61 Å². The van der Waals surface area contributed by atoms with Gasteiger partial charge in [-0.05, 0) is 29.8 Å². The number of hydrogen-bond donors (Lipinski definition) is 2. The molecule has 2 N–H and O–H groups in total. The lowest BCUT2D eigenvalue weighted by Gasteiger charge is -2.13. The highest BCUT2D eigenvalue weighted by Gasteiger charge is 2.13. The molecule has 3 aromatic carbocycles. The highest BCUT2D eigenvalue weighted by atomic mass is 32.2. The van der Waals surface area contributed by atoms with Crippen LogP contribution in [0.2, 0.25) is 0 Å². The summed E-state index contributed by atoms with van der Waals surface area (Å²) in [6, 6.07) is 24.5. The van der Waals surface area contributed by atoms with Gasteiger partial charge in [-0.1, -0.05) is 72.8 Å². The largest absolute Gasteiger partial charge is 0.483 e. The van der Waals surface area contributed by atoms with Crippen LogP contribution in [0.25, 0.3) is 11.1 Å². The zero-order valence-electron chi connectivity index (χ0n) is 16.7. The summed E-state index contributed by atoms with van der Waals surface area (Å²) >= 11 is 0. The van der Waals surface area contributed by atoms with E-state index in [-0.39, 0.29) is 24.8 Å². The number of ether oxygens (including phenoxy) is 1. The van der Waals surface area contributed by atoms with E-state index < -0.39 is 10.0 Å². The van der Waals surface area contributed by atoms with E-state index >= 15 is 0 Å². The van der Waals surface area contributed by atoms with Crippen molar-refractivity contribution in [2.75, 3.05) is 13.7 Å². The van der Waals surface area contributed by atoms with Crippen LogP contribution in [-0.2, 0) is 27.1 Å². The molecular formula is C23H24N2O4S. The summed E-state index contributed by atoms with van der Waals surface area (Å²) in [6.07, 6.45) is 0. The Hall–Kier alpha value is -3.16. The molecule has 156 valence electrons. The second kappa shape index (κ2) is 10.0. The van der Waals surface area contributed by atoms with E-state index in [2.05, 4.69) is 10.0 Å². The molecule has 1 amide bonds. The van der Waals surface area contributed by atoms with Crippen LogP contribution in [0.4, 0.5) is 0 Å². The van der Waals surface area contributed by atoms with Gasteiger partial charge in [0.05, 0.1) is 5.75 Å².